The van der Waals surface area contributed by atoms with Crippen LogP contribution in [0.1, 0.15) is 25.0 Å². The molecule has 27 rings (SSSR count). The molecular weight excluding hydrogens is 1770 g/mol. The average Bonchev–Trinajstić information content (AvgIpc) is 1.61. The molecule has 0 unspecified atom stereocenters. The Hall–Kier alpha value is -19.4. The minimum atomic E-state index is 0.00251. The van der Waals surface area contributed by atoms with Crippen LogP contribution in [-0.2, 0) is 5.41 Å². The minimum absolute atomic E-state index is 0.00251. The van der Waals surface area contributed by atoms with E-state index in [1.807, 2.05) is 164 Å². The van der Waals surface area contributed by atoms with Gasteiger partial charge >= 0.3 is 0 Å². The molecular formula is C132H89N13. The van der Waals surface area contributed by atoms with E-state index in [2.05, 4.69) is 363 Å². The molecule has 7 aromatic heterocycles. The molecule has 1 aliphatic rings. The fourth-order valence-electron chi connectivity index (χ4n) is 20.2. The Labute approximate surface area is 838 Å². The first-order valence-electron chi connectivity index (χ1n) is 48.8. The zero-order valence-electron chi connectivity index (χ0n) is 79.2. The summed E-state index contributed by atoms with van der Waals surface area (Å²) < 4.78 is 4.48. The molecule has 13 heteroatoms. The third kappa shape index (κ3) is 16.9. The normalized spacial score (nSPS) is 11.8. The number of hydrogen-bond acceptors (Lipinski definition) is 11. The number of hydrogen-bond donors (Lipinski definition) is 0. The molecule has 19 aromatic carbocycles. The number of aromatic nitrogens is 13. The van der Waals surface area contributed by atoms with Gasteiger partial charge in [-0.25, -0.2) is 49.8 Å². The van der Waals surface area contributed by atoms with Crippen LogP contribution in [0.25, 0.3) is 246 Å². The van der Waals surface area contributed by atoms with Crippen LogP contribution in [0.3, 0.4) is 0 Å². The maximum Gasteiger partial charge on any atom is 0.164 e. The Bertz CT molecular complexity index is 9250. The molecule has 1 aliphatic carbocycles. The fourth-order valence-corrected chi connectivity index (χ4v) is 20.2. The van der Waals surface area contributed by atoms with E-state index < -0.39 is 0 Å². The van der Waals surface area contributed by atoms with Crippen LogP contribution in [-0.4, -0.2) is 63.8 Å². The molecule has 0 bridgehead atoms. The van der Waals surface area contributed by atoms with Crippen molar-refractivity contribution in [2.75, 3.05) is 0 Å². The lowest BCUT2D eigenvalue weighted by Crippen LogP contribution is -2.14. The van der Waals surface area contributed by atoms with E-state index in [4.69, 9.17) is 54.8 Å². The van der Waals surface area contributed by atoms with Gasteiger partial charge in [-0.2, -0.15) is 0 Å². The van der Waals surface area contributed by atoms with Crippen LogP contribution in [0, 0.1) is 0 Å². The van der Waals surface area contributed by atoms with Gasteiger partial charge < -0.3 is 0 Å². The lowest BCUT2D eigenvalue weighted by atomic mass is 9.82. The minimum Gasteiger partial charge on any atom is -0.292 e. The maximum atomic E-state index is 5.28. The van der Waals surface area contributed by atoms with Crippen molar-refractivity contribution in [3.8, 4) is 186 Å². The van der Waals surface area contributed by atoms with Crippen LogP contribution >= 0.6 is 0 Å². The lowest BCUT2D eigenvalue weighted by Gasteiger charge is -2.21. The summed E-state index contributed by atoms with van der Waals surface area (Å²) >= 11 is 0. The zero-order valence-corrected chi connectivity index (χ0v) is 79.2. The summed E-state index contributed by atoms with van der Waals surface area (Å²) in [4.78, 5) is 55.1. The third-order valence-electron chi connectivity index (χ3n) is 27.4. The summed E-state index contributed by atoms with van der Waals surface area (Å²) in [6.07, 6.45) is 1.87. The fraction of sp³-hybridized carbons (Fsp3) is 0.0227. The van der Waals surface area contributed by atoms with E-state index in [1.165, 1.54) is 38.9 Å². The second-order valence-electron chi connectivity index (χ2n) is 36.8. The number of benzene rings is 19. The smallest absolute Gasteiger partial charge is 0.164 e. The molecule has 0 atom stereocenters. The highest BCUT2D eigenvalue weighted by Crippen LogP contribution is 2.51. The monoisotopic (exact) mass is 1860 g/mol. The standard InChI is InChI=1S/C46H31N5.C44H27N5.C42H31N3/c1-4-14-33(15-5-1)43-48-44(34-16-6-2-7-17-34)50-45(49-43)39-21-13-20-38(31-39)37-19-12-18-36(30-37)32-26-28-35(29-27-32)46-47-41-24-10-11-25-42(41)51(46)40-22-8-3-9-23-40;1-3-12-28(13-4-1)29-21-23-31(24-22-29)43-46-37(30-14-5-2-6-15-30)27-38(47-43)34-26-35-41(33-17-8-7-16-32(33)34)44-48-36-18-9-10-19-39(36)49(44)40-20-11-25-45-42(35)40;1-42(2)37-22-10-9-21-35(37)36-27-33(23-24-38(36)42)31-18-11-17-30(25-31)32-19-12-20-34(26-32)41-44-39(28-13-5-3-6-14-28)43-40(45-41)29-15-7-4-8-16-29/h1-31H;1-27H;3-27H,1-2H3. The highest BCUT2D eigenvalue weighted by molar-refractivity contribution is 6.25. The predicted octanol–water partition coefficient (Wildman–Crippen LogP) is 32.5. The largest absolute Gasteiger partial charge is 0.292 e. The van der Waals surface area contributed by atoms with Crippen molar-refractivity contribution in [3.63, 3.8) is 0 Å². The van der Waals surface area contributed by atoms with Gasteiger partial charge in [0, 0.05) is 83.7 Å². The van der Waals surface area contributed by atoms with Crippen LogP contribution in [0.15, 0.2) is 504 Å². The Morgan fingerprint density at radius 2 is 0.552 bits per heavy atom. The highest BCUT2D eigenvalue weighted by atomic mass is 15.1. The van der Waals surface area contributed by atoms with Gasteiger partial charge in [0.15, 0.2) is 40.8 Å². The molecule has 682 valence electrons. The number of rotatable bonds is 16. The quantitative estimate of drug-likeness (QED) is 0.0850. The molecule has 0 amide bonds. The number of pyridine rings is 2. The van der Waals surface area contributed by atoms with Gasteiger partial charge in [0.05, 0.1) is 44.5 Å². The molecule has 0 fully saturated rings. The van der Waals surface area contributed by atoms with Crippen molar-refractivity contribution in [2.24, 2.45) is 0 Å². The number of nitrogens with zero attached hydrogens (tertiary/aromatic N) is 13. The van der Waals surface area contributed by atoms with Gasteiger partial charge in [0.25, 0.3) is 0 Å². The summed E-state index contributed by atoms with van der Waals surface area (Å²) in [5.74, 6) is 5.51. The van der Waals surface area contributed by atoms with Crippen LogP contribution in [0.5, 0.6) is 0 Å². The second-order valence-corrected chi connectivity index (χ2v) is 36.8. The van der Waals surface area contributed by atoms with E-state index in [9.17, 15) is 0 Å². The van der Waals surface area contributed by atoms with Crippen LogP contribution in [0.2, 0.25) is 0 Å². The first-order chi connectivity index (χ1) is 71.6. The molecule has 0 saturated heterocycles. The van der Waals surface area contributed by atoms with Crippen molar-refractivity contribution in [3.05, 3.63) is 515 Å². The molecule has 0 saturated carbocycles. The molecule has 26 aromatic rings. The van der Waals surface area contributed by atoms with Crippen molar-refractivity contribution < 1.29 is 0 Å². The molecule has 0 radical (unpaired) electrons. The summed E-state index contributed by atoms with van der Waals surface area (Å²) in [7, 11) is 0. The third-order valence-corrected chi connectivity index (χ3v) is 27.4. The summed E-state index contributed by atoms with van der Waals surface area (Å²) in [6.45, 7) is 4.64. The summed E-state index contributed by atoms with van der Waals surface area (Å²) in [6, 6.07) is 173. The van der Waals surface area contributed by atoms with Crippen molar-refractivity contribution in [1.82, 2.24) is 63.8 Å². The van der Waals surface area contributed by atoms with Crippen LogP contribution in [0.4, 0.5) is 0 Å². The van der Waals surface area contributed by atoms with Gasteiger partial charge in [-0.05, 0) is 180 Å². The van der Waals surface area contributed by atoms with E-state index in [0.717, 1.165) is 178 Å². The molecule has 145 heavy (non-hydrogen) atoms. The summed E-state index contributed by atoms with van der Waals surface area (Å²) in [5, 5.41) is 4.33. The van der Waals surface area contributed by atoms with Gasteiger partial charge in [-0.15, -0.1) is 0 Å². The van der Waals surface area contributed by atoms with Crippen molar-refractivity contribution >= 4 is 60.3 Å². The average molecular weight is 1860 g/mol. The first kappa shape index (κ1) is 87.2. The van der Waals surface area contributed by atoms with Gasteiger partial charge in [0.2, 0.25) is 0 Å². The van der Waals surface area contributed by atoms with E-state index >= 15 is 0 Å². The molecule has 13 nitrogen and oxygen atoms in total. The molecule has 0 N–H and O–H groups in total. The van der Waals surface area contributed by atoms with Gasteiger partial charge in [-0.1, -0.05) is 420 Å². The number of para-hydroxylation sites is 5. The van der Waals surface area contributed by atoms with Crippen LogP contribution < -0.4 is 0 Å². The topological polar surface area (TPSA) is 151 Å². The molecule has 0 spiro atoms. The number of imidazole rings is 2. The van der Waals surface area contributed by atoms with E-state index in [0.29, 0.717) is 40.8 Å². The van der Waals surface area contributed by atoms with Gasteiger partial charge in [-0.3, -0.25) is 14.0 Å². The maximum absolute atomic E-state index is 5.28. The predicted molar refractivity (Wildman–Crippen MR) is 592 cm³/mol. The van der Waals surface area contributed by atoms with Crippen molar-refractivity contribution in [2.45, 2.75) is 19.3 Å². The highest BCUT2D eigenvalue weighted by Gasteiger charge is 2.36. The van der Waals surface area contributed by atoms with Crippen molar-refractivity contribution in [1.29, 1.82) is 0 Å². The Balaban J connectivity index is 0.000000114. The number of fused-ring (bicyclic) bond motifs is 14. The van der Waals surface area contributed by atoms with E-state index in [-0.39, 0.29) is 5.41 Å². The Morgan fingerprint density at radius 1 is 0.200 bits per heavy atom. The second kappa shape index (κ2) is 37.8. The van der Waals surface area contributed by atoms with Gasteiger partial charge in [0.1, 0.15) is 11.5 Å². The summed E-state index contributed by atoms with van der Waals surface area (Å²) in [5.41, 5.74) is 36.5. The lowest BCUT2D eigenvalue weighted by molar-refractivity contribution is 0.660. The Kier molecular flexibility index (Phi) is 22.7. The Morgan fingerprint density at radius 3 is 1.09 bits per heavy atom. The SMILES string of the molecule is CC1(C)c2ccccc2-c2cc(-c3cccc(-c4cccc(-c5nc(-c6ccccc6)nc(-c6ccccc6)n5)c4)c3)ccc21.c1ccc(-c2ccc(-c3nc(-c4ccccc4)cc(-c4cc5c6ncccc6n6c7ccccc7nc6c5c5ccccc45)n3)cc2)cc1.c1ccc(-c2nc(-c3ccccc3)nc(-c3cccc(-c4cccc(-c5ccc(-c6nc7ccccc7n6-c6ccccc6)cc5)c4)c3)n2)cc1. The first-order valence-corrected chi connectivity index (χ1v) is 48.8. The molecule has 0 aliphatic heterocycles. The van der Waals surface area contributed by atoms with E-state index in [1.54, 1.807) is 0 Å². The molecule has 7 heterocycles. The zero-order chi connectivity index (χ0) is 96.7.